The van der Waals surface area contributed by atoms with E-state index in [2.05, 4.69) is 296 Å². The first kappa shape index (κ1) is 72.3. The number of hydrogen-bond acceptors (Lipinski definition) is 6. The highest BCUT2D eigenvalue weighted by molar-refractivity contribution is 6.91. The molecule has 5 heterocycles. The quantitative estimate of drug-likeness (QED) is 0.0583. The van der Waals surface area contributed by atoms with Crippen LogP contribution in [0.5, 0.6) is 23.0 Å². The van der Waals surface area contributed by atoms with Crippen LogP contribution in [-0.2, 0) is 0 Å². The molecular weight excluding hydrogens is 1160 g/mol. The molecule has 0 saturated heterocycles. The number of nitrogens with one attached hydrogen (secondary N) is 2. The summed E-state index contributed by atoms with van der Waals surface area (Å²) in [6, 6.07) is 21.0. The van der Waals surface area contributed by atoms with E-state index in [1.54, 1.807) is 0 Å². The lowest BCUT2D eigenvalue weighted by Crippen LogP contribution is -2.43. The van der Waals surface area contributed by atoms with Crippen molar-refractivity contribution < 1.29 is 18.9 Å². The molecule has 0 spiro atoms. The summed E-state index contributed by atoms with van der Waals surface area (Å²) < 4.78 is 26.7. The van der Waals surface area contributed by atoms with Crippen molar-refractivity contribution in [1.29, 1.82) is 0 Å². The first-order chi connectivity index (χ1) is 43.0. The summed E-state index contributed by atoms with van der Waals surface area (Å²) in [7, 11) is -4.23. The minimum Gasteiger partial charge on any atom is -0.493 e. The van der Waals surface area contributed by atoms with Gasteiger partial charge in [-0.2, -0.15) is 0 Å². The van der Waals surface area contributed by atoms with Crippen LogP contribution >= 0.6 is 0 Å². The normalized spacial score (nSPS) is 12.8. The molecule has 2 aromatic carbocycles. The Morgan fingerprint density at radius 1 is 0.359 bits per heavy atom. The average molecular weight is 1270 g/mol. The molecule has 92 heavy (non-hydrogen) atoms. The lowest BCUT2D eigenvalue weighted by atomic mass is 9.93. The van der Waals surface area contributed by atoms with Gasteiger partial charge < -0.3 is 28.9 Å². The molecule has 2 aliphatic rings. The van der Waals surface area contributed by atoms with Gasteiger partial charge in [-0.05, 0) is 200 Å². The fourth-order valence-corrected chi connectivity index (χ4v) is 23.4. The summed E-state index contributed by atoms with van der Waals surface area (Å²) in [5.74, 6) is 23.9. The first-order valence-electron chi connectivity index (χ1n) is 34.0. The summed E-state index contributed by atoms with van der Waals surface area (Å²) in [6.07, 6.45) is 11.9. The molecule has 0 atom stereocenters. The van der Waals surface area contributed by atoms with E-state index < -0.39 is 16.1 Å². The van der Waals surface area contributed by atoms with Gasteiger partial charge in [0.2, 0.25) is 0 Å². The molecule has 0 amide bonds. The highest BCUT2D eigenvalue weighted by atomic mass is 28.3. The summed E-state index contributed by atoms with van der Waals surface area (Å²) in [6.45, 7) is 57.2. The first-order valence-corrected chi connectivity index (χ1v) is 38.5. The van der Waals surface area contributed by atoms with Crippen LogP contribution < -0.4 is 18.9 Å². The van der Waals surface area contributed by atoms with E-state index in [0.717, 1.165) is 116 Å². The molecule has 8 bridgehead atoms. The van der Waals surface area contributed by atoms with Gasteiger partial charge in [-0.3, -0.25) is 0 Å². The number of H-pyrrole nitrogens is 2. The van der Waals surface area contributed by atoms with Crippen LogP contribution in [0.1, 0.15) is 226 Å². The van der Waals surface area contributed by atoms with E-state index in [9.17, 15) is 0 Å². The van der Waals surface area contributed by atoms with E-state index in [1.807, 2.05) is 12.1 Å². The maximum atomic E-state index is 6.67. The zero-order valence-electron chi connectivity index (χ0n) is 60.7. The zero-order chi connectivity index (χ0) is 67.7. The summed E-state index contributed by atoms with van der Waals surface area (Å²) in [5.41, 5.74) is 21.9. The molecule has 2 N–H and O–H groups in total. The Labute approximate surface area is 557 Å². The van der Waals surface area contributed by atoms with Crippen molar-refractivity contribution >= 4 is 62.5 Å². The van der Waals surface area contributed by atoms with Crippen molar-refractivity contribution in [3.63, 3.8) is 0 Å². The molecule has 7 rings (SSSR count). The number of nitrogens with zero attached hydrogens (tertiary/aromatic N) is 2. The summed E-state index contributed by atoms with van der Waals surface area (Å²) >= 11 is 0. The second-order valence-corrected chi connectivity index (χ2v) is 43.5. The number of rotatable bonds is 20. The van der Waals surface area contributed by atoms with E-state index in [4.69, 9.17) is 28.9 Å². The molecule has 0 fully saturated rings. The number of aromatic nitrogens is 4. The molecule has 0 radical (unpaired) electrons. The van der Waals surface area contributed by atoms with Gasteiger partial charge in [0.05, 0.1) is 71.4 Å². The molecule has 5 aromatic rings. The third kappa shape index (κ3) is 18.6. The van der Waals surface area contributed by atoms with Crippen LogP contribution in [0.4, 0.5) is 0 Å². The molecule has 0 unspecified atom stereocenters. The minimum absolute atomic E-state index is 0.0839. The topological polar surface area (TPSA) is 94.3 Å². The van der Waals surface area contributed by atoms with Crippen molar-refractivity contribution in [2.24, 2.45) is 21.7 Å². The minimum atomic E-state index is -2.11. The van der Waals surface area contributed by atoms with Crippen molar-refractivity contribution in [2.45, 2.75) is 225 Å². The summed E-state index contributed by atoms with van der Waals surface area (Å²) in [4.78, 5) is 19.0. The SMILES string of the molecule is CC(C)[Si](C#CC#Cc1c2nc(c(-c3cc(OCCC(C)(C)C)cc(OCCC(C)(C)C)c3)c3ccc([nH]3)c(C#CC#C[Si](C(C)C)(C(C)C)C(C)C)c3nc(c(-c4cc(OCCC(C)(C)C)cc(OCCC(C)(C)C)c4)c4ccc1[nH]4)C=C3)C=C2)(C(C)C)C(C)C. The number of ether oxygens (including phenoxy) is 4. The van der Waals surface area contributed by atoms with Gasteiger partial charge in [-0.15, -0.1) is 11.1 Å². The molecular formula is C82H110N4O4Si2. The monoisotopic (exact) mass is 1270 g/mol. The molecule has 10 heteroatoms. The van der Waals surface area contributed by atoms with Gasteiger partial charge in [0, 0.05) is 34.3 Å². The van der Waals surface area contributed by atoms with Gasteiger partial charge in [-0.25, -0.2) is 9.97 Å². The molecule has 0 aliphatic carbocycles. The second kappa shape index (κ2) is 29.9. The van der Waals surface area contributed by atoms with E-state index in [-0.39, 0.29) is 21.7 Å². The Kier molecular flexibility index (Phi) is 23.5. The van der Waals surface area contributed by atoms with Crippen LogP contribution in [0, 0.1) is 68.3 Å². The maximum Gasteiger partial charge on any atom is 0.147 e. The van der Waals surface area contributed by atoms with Gasteiger partial charge in [0.1, 0.15) is 39.1 Å². The van der Waals surface area contributed by atoms with Gasteiger partial charge in [0.15, 0.2) is 0 Å². The smallest absolute Gasteiger partial charge is 0.147 e. The molecule has 490 valence electrons. The van der Waals surface area contributed by atoms with Crippen LogP contribution in [0.25, 0.3) is 68.6 Å². The maximum absolute atomic E-state index is 6.67. The number of hydrogen-bond donors (Lipinski definition) is 2. The van der Waals surface area contributed by atoms with Crippen LogP contribution in [0.2, 0.25) is 33.2 Å². The molecule has 2 aliphatic heterocycles. The Morgan fingerprint density at radius 3 is 0.880 bits per heavy atom. The van der Waals surface area contributed by atoms with Gasteiger partial charge in [0.25, 0.3) is 0 Å². The average Bonchev–Trinajstić information content (AvgIpc) is 1.58. The van der Waals surface area contributed by atoms with Crippen LogP contribution in [0.3, 0.4) is 0 Å². The highest BCUT2D eigenvalue weighted by Gasteiger charge is 2.43. The van der Waals surface area contributed by atoms with Gasteiger partial charge >= 0.3 is 0 Å². The highest BCUT2D eigenvalue weighted by Crippen LogP contribution is 2.44. The Hall–Kier alpha value is -7.09. The number of fused-ring (bicyclic) bond motifs is 8. The third-order valence-electron chi connectivity index (χ3n) is 18.4. The Balaban J connectivity index is 1.66. The fourth-order valence-electron chi connectivity index (χ4n) is 13.1. The Morgan fingerprint density at radius 2 is 0.620 bits per heavy atom. The van der Waals surface area contributed by atoms with Crippen LogP contribution in [0.15, 0.2) is 60.7 Å². The predicted octanol–water partition coefficient (Wildman–Crippen LogP) is 22.4. The van der Waals surface area contributed by atoms with E-state index in [0.29, 0.717) is 71.1 Å². The number of aromatic amines is 2. The van der Waals surface area contributed by atoms with Crippen molar-refractivity contribution in [3.8, 4) is 91.9 Å². The second-order valence-electron chi connectivity index (χ2n) is 32.3. The lowest BCUT2D eigenvalue weighted by Gasteiger charge is -2.37. The largest absolute Gasteiger partial charge is 0.493 e. The van der Waals surface area contributed by atoms with Crippen molar-refractivity contribution in [2.75, 3.05) is 26.4 Å². The molecule has 8 nitrogen and oxygen atoms in total. The van der Waals surface area contributed by atoms with E-state index >= 15 is 0 Å². The van der Waals surface area contributed by atoms with Crippen molar-refractivity contribution in [3.05, 3.63) is 94.6 Å². The predicted molar refractivity (Wildman–Crippen MR) is 399 cm³/mol. The van der Waals surface area contributed by atoms with Crippen molar-refractivity contribution in [1.82, 2.24) is 19.9 Å². The molecule has 3 aromatic heterocycles. The zero-order valence-corrected chi connectivity index (χ0v) is 62.7. The Bertz CT molecular complexity index is 3560. The lowest BCUT2D eigenvalue weighted by molar-refractivity contribution is 0.233. The van der Waals surface area contributed by atoms with Crippen LogP contribution in [-0.4, -0.2) is 62.5 Å². The fraction of sp³-hybridized carbons (Fsp3) is 0.512. The standard InChI is InChI=1S/C82H110N4O4Si2/c1-55(2)91(56(3)4,57(5)6)47-27-25-29-67-69-31-35-73(83-69)77(61-49-63(87-43-39-79(13,14)15)53-64(50-61)88-44-40-80(16,17)18)75-37-33-71(85-75)68(30-26-28-48-92(58(7)8,59(9)10)60(11)12)72-34-38-76(86-72)78(74-36-32-70(67)84-74)62-51-65(89-45-41-81(19,20)21)54-66(52-62)90-46-42-82(22,23)24/h31-38,49-60,83,86H,39-46H2,1-24H3. The van der Waals surface area contributed by atoms with Gasteiger partial charge in [-0.1, -0.05) is 166 Å². The number of benzene rings is 2. The summed E-state index contributed by atoms with van der Waals surface area (Å²) in [5, 5.41) is 0. The molecule has 0 saturated carbocycles. The van der Waals surface area contributed by atoms with E-state index in [1.165, 1.54) is 0 Å². The third-order valence-corrected chi connectivity index (χ3v) is 30.9.